The van der Waals surface area contributed by atoms with Gasteiger partial charge in [-0.1, -0.05) is 0 Å². The van der Waals surface area contributed by atoms with E-state index >= 15 is 0 Å². The lowest BCUT2D eigenvalue weighted by Gasteiger charge is -2.22. The van der Waals surface area contributed by atoms with Gasteiger partial charge in [0.1, 0.15) is 0 Å². The maximum absolute atomic E-state index is 11.5. The predicted octanol–water partition coefficient (Wildman–Crippen LogP) is 0.120. The molecule has 1 aromatic rings. The molecule has 2 atom stereocenters. The molecule has 1 heterocycles. The minimum Gasteiger partial charge on any atom is -0.271 e. The smallest absolute Gasteiger partial charge is 0.152 e. The van der Waals surface area contributed by atoms with Crippen LogP contribution in [0.1, 0.15) is 18.7 Å². The molecule has 0 fully saturated rings. The van der Waals surface area contributed by atoms with Crippen LogP contribution in [0.5, 0.6) is 0 Å². The average molecular weight is 311 g/mol. The van der Waals surface area contributed by atoms with Gasteiger partial charge in [0.15, 0.2) is 9.84 Å². The van der Waals surface area contributed by atoms with E-state index in [1.54, 1.807) is 24.9 Å². The molecule has 8 heteroatoms. The molecule has 0 saturated carbocycles. The Hall–Kier alpha value is -0.440. The van der Waals surface area contributed by atoms with Crippen molar-refractivity contribution in [2.75, 3.05) is 6.26 Å². The van der Waals surface area contributed by atoms with Crippen molar-refractivity contribution in [2.24, 2.45) is 12.9 Å². The third-order valence-electron chi connectivity index (χ3n) is 2.56. The number of nitrogens with zero attached hydrogens (tertiary/aromatic N) is 2. The molecule has 0 aromatic carbocycles. The van der Waals surface area contributed by atoms with Crippen molar-refractivity contribution >= 4 is 25.8 Å². The van der Waals surface area contributed by atoms with E-state index in [0.717, 1.165) is 4.47 Å². The van der Waals surface area contributed by atoms with Crippen molar-refractivity contribution in [3.05, 3.63) is 16.4 Å². The molecule has 0 spiro atoms. The van der Waals surface area contributed by atoms with Gasteiger partial charge in [-0.25, -0.2) is 8.42 Å². The molecule has 0 bridgehead atoms. The largest absolute Gasteiger partial charge is 0.271 e. The van der Waals surface area contributed by atoms with Gasteiger partial charge < -0.3 is 0 Å². The first kappa shape index (κ1) is 13.6. The average Bonchev–Trinajstić information content (AvgIpc) is 2.49. The summed E-state index contributed by atoms with van der Waals surface area (Å²) in [5, 5.41) is 3.39. The summed E-state index contributed by atoms with van der Waals surface area (Å²) in [6.07, 6.45) is 2.79. The zero-order chi connectivity index (χ0) is 12.5. The molecule has 3 N–H and O–H groups in total. The number of hydrogen-bond acceptors (Lipinski definition) is 5. The molecule has 0 saturated heterocycles. The van der Waals surface area contributed by atoms with E-state index in [2.05, 4.69) is 26.5 Å². The third-order valence-corrected chi connectivity index (χ3v) is 4.79. The molecule has 0 radical (unpaired) electrons. The summed E-state index contributed by atoms with van der Waals surface area (Å²) in [6.45, 7) is 1.61. The summed E-state index contributed by atoms with van der Waals surface area (Å²) in [6, 6.07) is -0.503. The first-order chi connectivity index (χ1) is 7.29. The molecule has 2 unspecified atom stereocenters. The maximum atomic E-state index is 11.5. The molecular weight excluding hydrogens is 296 g/mol. The van der Waals surface area contributed by atoms with Gasteiger partial charge in [-0.3, -0.25) is 16.0 Å². The molecule has 0 aliphatic heterocycles. The standard InChI is InChI=1S/C8H15BrN4O2S/c1-5(16(3,14)15)7(12-10)8-6(9)4-11-13(8)2/h4-5,7,12H,10H2,1-3H3. The normalized spacial score (nSPS) is 16.1. The number of nitrogens with one attached hydrogen (secondary N) is 1. The number of aryl methyl sites for hydroxylation is 1. The Balaban J connectivity index is 3.19. The van der Waals surface area contributed by atoms with E-state index in [4.69, 9.17) is 5.84 Å². The minimum atomic E-state index is -3.18. The highest BCUT2D eigenvalue weighted by molar-refractivity contribution is 9.10. The van der Waals surface area contributed by atoms with Crippen molar-refractivity contribution < 1.29 is 8.42 Å². The summed E-state index contributed by atoms with van der Waals surface area (Å²) in [7, 11) is -1.44. The fourth-order valence-electron chi connectivity index (χ4n) is 1.45. The van der Waals surface area contributed by atoms with Crippen LogP contribution < -0.4 is 11.3 Å². The van der Waals surface area contributed by atoms with Crippen molar-refractivity contribution in [3.63, 3.8) is 0 Å². The van der Waals surface area contributed by atoms with E-state index in [1.165, 1.54) is 6.26 Å². The quantitative estimate of drug-likeness (QED) is 0.609. The van der Waals surface area contributed by atoms with Crippen LogP contribution in [0.25, 0.3) is 0 Å². The van der Waals surface area contributed by atoms with Crippen molar-refractivity contribution in [2.45, 2.75) is 18.2 Å². The van der Waals surface area contributed by atoms with E-state index in [-0.39, 0.29) is 0 Å². The summed E-state index contributed by atoms with van der Waals surface area (Å²) in [5.41, 5.74) is 3.23. The number of aromatic nitrogens is 2. The second-order valence-corrected chi connectivity index (χ2v) is 6.94. The monoisotopic (exact) mass is 310 g/mol. The summed E-state index contributed by atoms with van der Waals surface area (Å²) in [5.74, 6) is 5.42. The van der Waals surface area contributed by atoms with Crippen LogP contribution in [0.3, 0.4) is 0 Å². The Morgan fingerprint density at radius 2 is 2.19 bits per heavy atom. The van der Waals surface area contributed by atoms with Crippen LogP contribution in [-0.4, -0.2) is 29.7 Å². The lowest BCUT2D eigenvalue weighted by atomic mass is 10.1. The Morgan fingerprint density at radius 3 is 2.50 bits per heavy atom. The number of nitrogens with two attached hydrogens (primary N) is 1. The fourth-order valence-corrected chi connectivity index (χ4v) is 2.75. The molecule has 0 amide bonds. The SMILES string of the molecule is CC(C(NN)c1c(Br)cnn1C)S(C)(=O)=O. The molecule has 0 aliphatic rings. The molecule has 6 nitrogen and oxygen atoms in total. The lowest BCUT2D eigenvalue weighted by molar-refractivity contribution is 0.483. The number of hydrogen-bond donors (Lipinski definition) is 2. The molecule has 1 aromatic heterocycles. The van der Waals surface area contributed by atoms with Crippen LogP contribution in [0.15, 0.2) is 10.7 Å². The van der Waals surface area contributed by atoms with Crippen LogP contribution in [0.2, 0.25) is 0 Å². The number of rotatable bonds is 4. The van der Waals surface area contributed by atoms with Gasteiger partial charge in [0.2, 0.25) is 0 Å². The van der Waals surface area contributed by atoms with Crippen LogP contribution in [-0.2, 0) is 16.9 Å². The molecule has 1 rings (SSSR count). The van der Waals surface area contributed by atoms with Gasteiger partial charge in [-0.2, -0.15) is 5.10 Å². The summed E-state index contributed by atoms with van der Waals surface area (Å²) >= 11 is 3.32. The highest BCUT2D eigenvalue weighted by Crippen LogP contribution is 2.27. The Bertz CT molecular complexity index is 451. The van der Waals surface area contributed by atoms with Gasteiger partial charge in [-0.05, 0) is 22.9 Å². The number of hydrazine groups is 1. The van der Waals surface area contributed by atoms with Gasteiger partial charge in [0.05, 0.1) is 27.7 Å². The van der Waals surface area contributed by atoms with Crippen LogP contribution >= 0.6 is 15.9 Å². The van der Waals surface area contributed by atoms with Crippen LogP contribution in [0, 0.1) is 0 Å². The highest BCUT2D eigenvalue weighted by atomic mass is 79.9. The van der Waals surface area contributed by atoms with Crippen molar-refractivity contribution in [1.82, 2.24) is 15.2 Å². The fraction of sp³-hybridized carbons (Fsp3) is 0.625. The van der Waals surface area contributed by atoms with Crippen molar-refractivity contribution in [1.29, 1.82) is 0 Å². The highest BCUT2D eigenvalue weighted by Gasteiger charge is 2.30. The topological polar surface area (TPSA) is 90.0 Å². The van der Waals surface area contributed by atoms with Gasteiger partial charge in [-0.15, -0.1) is 0 Å². The first-order valence-electron chi connectivity index (χ1n) is 4.61. The van der Waals surface area contributed by atoms with Crippen LogP contribution in [0.4, 0.5) is 0 Å². The summed E-state index contributed by atoms with van der Waals surface area (Å²) in [4.78, 5) is 0. The number of halogens is 1. The zero-order valence-electron chi connectivity index (χ0n) is 9.31. The molecule has 16 heavy (non-hydrogen) atoms. The second kappa shape index (κ2) is 4.82. The van der Waals surface area contributed by atoms with E-state index in [0.29, 0.717) is 5.69 Å². The molecule has 0 aliphatic carbocycles. The molecule has 92 valence electrons. The Kier molecular flexibility index (Phi) is 4.11. The summed E-state index contributed by atoms with van der Waals surface area (Å²) < 4.78 is 25.3. The second-order valence-electron chi connectivity index (χ2n) is 3.68. The first-order valence-corrected chi connectivity index (χ1v) is 7.36. The Morgan fingerprint density at radius 1 is 1.62 bits per heavy atom. The van der Waals surface area contributed by atoms with Gasteiger partial charge in [0.25, 0.3) is 0 Å². The van der Waals surface area contributed by atoms with Gasteiger partial charge >= 0.3 is 0 Å². The van der Waals surface area contributed by atoms with E-state index < -0.39 is 21.1 Å². The molecular formula is C8H15BrN4O2S. The minimum absolute atomic E-state index is 0.503. The van der Waals surface area contributed by atoms with Crippen molar-refractivity contribution in [3.8, 4) is 0 Å². The zero-order valence-corrected chi connectivity index (χ0v) is 11.7. The van der Waals surface area contributed by atoms with E-state index in [9.17, 15) is 8.42 Å². The van der Waals surface area contributed by atoms with E-state index in [1.807, 2.05) is 0 Å². The lowest BCUT2D eigenvalue weighted by Crippen LogP contribution is -2.40. The Labute approximate surface area is 103 Å². The third kappa shape index (κ3) is 2.62. The van der Waals surface area contributed by atoms with Gasteiger partial charge in [0, 0.05) is 13.3 Å². The number of sulfone groups is 1. The predicted molar refractivity (Wildman–Crippen MR) is 65.3 cm³/mol. The maximum Gasteiger partial charge on any atom is 0.152 e.